The molecule has 5 heteroatoms. The molecule has 1 heterocycles. The lowest BCUT2D eigenvalue weighted by atomic mass is 9.86. The maximum atomic E-state index is 14.3. The van der Waals surface area contributed by atoms with Crippen LogP contribution >= 0.6 is 0 Å². The van der Waals surface area contributed by atoms with Gasteiger partial charge in [-0.3, -0.25) is 4.90 Å². The highest BCUT2D eigenvalue weighted by Crippen LogP contribution is 2.27. The van der Waals surface area contributed by atoms with Gasteiger partial charge in [0.05, 0.1) is 12.1 Å². The van der Waals surface area contributed by atoms with Crippen molar-refractivity contribution in [3.05, 3.63) is 35.1 Å². The van der Waals surface area contributed by atoms with Crippen LogP contribution in [-0.2, 0) is 12.0 Å². The molecule has 1 aromatic rings. The molecular weight excluding hydrogens is 285 g/mol. The number of likely N-dealkylation sites (tertiary alicyclic amines) is 1. The second-order valence-corrected chi connectivity index (χ2v) is 7.15. The number of benzene rings is 1. The van der Waals surface area contributed by atoms with Crippen LogP contribution in [-0.4, -0.2) is 45.2 Å². The van der Waals surface area contributed by atoms with Gasteiger partial charge in [-0.05, 0) is 42.0 Å². The first kappa shape index (κ1) is 17.3. The summed E-state index contributed by atoms with van der Waals surface area (Å²) in [6.07, 6.45) is -1.04. The summed E-state index contributed by atoms with van der Waals surface area (Å²) >= 11 is 0. The predicted octanol–water partition coefficient (Wildman–Crippen LogP) is 1.76. The quantitative estimate of drug-likeness (QED) is 0.744. The van der Waals surface area contributed by atoms with Crippen molar-refractivity contribution in [1.29, 1.82) is 0 Å². The number of aliphatic hydroxyl groups is 3. The standard InChI is InChI=1S/C17H26FNO3/c1-17(2,3)12-7-6-11(9-13(12)18)10-19-8-4-5-14(20)15(19)16(21)22/h6-7,9,14-16,20-22H,4-5,8,10H2,1-3H3. The molecule has 0 aliphatic carbocycles. The summed E-state index contributed by atoms with van der Waals surface area (Å²) in [5.41, 5.74) is 1.17. The number of piperidine rings is 1. The van der Waals surface area contributed by atoms with E-state index in [9.17, 15) is 19.7 Å². The zero-order chi connectivity index (χ0) is 16.5. The first-order valence-corrected chi connectivity index (χ1v) is 7.77. The lowest BCUT2D eigenvalue weighted by Crippen LogP contribution is -2.54. The first-order valence-electron chi connectivity index (χ1n) is 7.77. The molecule has 22 heavy (non-hydrogen) atoms. The van der Waals surface area contributed by atoms with Crippen LogP contribution in [0.4, 0.5) is 4.39 Å². The van der Waals surface area contributed by atoms with Crippen molar-refractivity contribution < 1.29 is 19.7 Å². The summed E-state index contributed by atoms with van der Waals surface area (Å²) in [7, 11) is 0. The van der Waals surface area contributed by atoms with Crippen LogP contribution in [0.3, 0.4) is 0 Å². The van der Waals surface area contributed by atoms with Crippen LogP contribution in [0.5, 0.6) is 0 Å². The Hall–Kier alpha value is -1.01. The molecule has 0 saturated carbocycles. The molecule has 1 fully saturated rings. The Kier molecular flexibility index (Phi) is 5.22. The molecular formula is C17H26FNO3. The van der Waals surface area contributed by atoms with Crippen LogP contribution < -0.4 is 0 Å². The van der Waals surface area contributed by atoms with E-state index >= 15 is 0 Å². The molecule has 1 aliphatic rings. The number of halogens is 1. The van der Waals surface area contributed by atoms with E-state index < -0.39 is 18.4 Å². The van der Waals surface area contributed by atoms with Crippen molar-refractivity contribution in [3.8, 4) is 0 Å². The van der Waals surface area contributed by atoms with Gasteiger partial charge in [0.2, 0.25) is 0 Å². The lowest BCUT2D eigenvalue weighted by Gasteiger charge is -2.39. The van der Waals surface area contributed by atoms with Crippen LogP contribution in [0.2, 0.25) is 0 Å². The van der Waals surface area contributed by atoms with Gasteiger partial charge >= 0.3 is 0 Å². The van der Waals surface area contributed by atoms with Gasteiger partial charge in [0.25, 0.3) is 0 Å². The van der Waals surface area contributed by atoms with Gasteiger partial charge in [0.1, 0.15) is 5.82 Å². The lowest BCUT2D eigenvalue weighted by molar-refractivity contribution is -0.148. The highest BCUT2D eigenvalue weighted by atomic mass is 19.1. The Morgan fingerprint density at radius 1 is 1.32 bits per heavy atom. The Morgan fingerprint density at radius 2 is 2.00 bits per heavy atom. The van der Waals surface area contributed by atoms with Crippen molar-refractivity contribution in [2.24, 2.45) is 0 Å². The molecule has 0 spiro atoms. The average Bonchev–Trinajstić information content (AvgIpc) is 2.36. The molecule has 0 radical (unpaired) electrons. The van der Waals surface area contributed by atoms with Gasteiger partial charge in [-0.2, -0.15) is 0 Å². The van der Waals surface area contributed by atoms with Gasteiger partial charge < -0.3 is 15.3 Å². The van der Waals surface area contributed by atoms with E-state index in [0.717, 1.165) is 12.0 Å². The van der Waals surface area contributed by atoms with Gasteiger partial charge in [-0.25, -0.2) is 4.39 Å². The number of hydrogen-bond acceptors (Lipinski definition) is 4. The fraction of sp³-hybridized carbons (Fsp3) is 0.647. The van der Waals surface area contributed by atoms with Crippen molar-refractivity contribution in [1.82, 2.24) is 4.90 Å². The van der Waals surface area contributed by atoms with Crippen LogP contribution in [0.1, 0.15) is 44.7 Å². The Balaban J connectivity index is 2.17. The largest absolute Gasteiger partial charge is 0.391 e. The Labute approximate surface area is 131 Å². The molecule has 0 bridgehead atoms. The first-order chi connectivity index (χ1) is 10.2. The van der Waals surface area contributed by atoms with Crippen LogP contribution in [0, 0.1) is 5.82 Å². The van der Waals surface area contributed by atoms with Gasteiger partial charge in [0.15, 0.2) is 6.29 Å². The molecule has 124 valence electrons. The minimum absolute atomic E-state index is 0.247. The molecule has 4 nitrogen and oxygen atoms in total. The Bertz CT molecular complexity index is 513. The second kappa shape index (κ2) is 6.62. The summed E-state index contributed by atoms with van der Waals surface area (Å²) in [4.78, 5) is 1.81. The average molecular weight is 311 g/mol. The predicted molar refractivity (Wildman–Crippen MR) is 82.8 cm³/mol. The summed E-state index contributed by atoms with van der Waals surface area (Å²) in [6, 6.07) is 4.43. The molecule has 1 saturated heterocycles. The minimum atomic E-state index is -1.60. The molecule has 1 aromatic carbocycles. The van der Waals surface area contributed by atoms with Crippen molar-refractivity contribution in [2.75, 3.05) is 6.54 Å². The van der Waals surface area contributed by atoms with Gasteiger partial charge in [-0.1, -0.05) is 32.9 Å². The molecule has 0 aromatic heterocycles. The Morgan fingerprint density at radius 3 is 2.55 bits per heavy atom. The zero-order valence-electron chi connectivity index (χ0n) is 13.5. The number of nitrogens with zero attached hydrogens (tertiary/aromatic N) is 1. The highest BCUT2D eigenvalue weighted by Gasteiger charge is 2.34. The summed E-state index contributed by atoms with van der Waals surface area (Å²) in [5.74, 6) is -0.247. The maximum Gasteiger partial charge on any atom is 0.169 e. The SMILES string of the molecule is CC(C)(C)c1ccc(CN2CCCC(O)C2C(O)O)cc1F. The van der Waals surface area contributed by atoms with Crippen molar-refractivity contribution in [3.63, 3.8) is 0 Å². The smallest absolute Gasteiger partial charge is 0.169 e. The maximum absolute atomic E-state index is 14.3. The van der Waals surface area contributed by atoms with Gasteiger partial charge in [-0.15, -0.1) is 0 Å². The normalized spacial score (nSPS) is 24.0. The third kappa shape index (κ3) is 3.84. The summed E-state index contributed by atoms with van der Waals surface area (Å²) < 4.78 is 14.3. The topological polar surface area (TPSA) is 63.9 Å². The van der Waals surface area contributed by atoms with Crippen LogP contribution in [0.25, 0.3) is 0 Å². The van der Waals surface area contributed by atoms with Gasteiger partial charge in [0, 0.05) is 6.54 Å². The van der Waals surface area contributed by atoms with E-state index in [2.05, 4.69) is 0 Å². The summed E-state index contributed by atoms with van der Waals surface area (Å²) in [6.45, 7) is 6.93. The highest BCUT2D eigenvalue weighted by molar-refractivity contribution is 5.29. The number of aliphatic hydroxyl groups excluding tert-OH is 2. The third-order valence-corrected chi connectivity index (χ3v) is 4.29. The summed E-state index contributed by atoms with van der Waals surface area (Å²) in [5, 5.41) is 28.9. The molecule has 2 atom stereocenters. The van der Waals surface area contributed by atoms with E-state index in [1.54, 1.807) is 6.07 Å². The van der Waals surface area contributed by atoms with Crippen molar-refractivity contribution >= 4 is 0 Å². The minimum Gasteiger partial charge on any atom is -0.391 e. The fourth-order valence-electron chi connectivity index (χ4n) is 3.14. The molecule has 3 N–H and O–H groups in total. The molecule has 2 unspecified atom stereocenters. The number of hydrogen-bond donors (Lipinski definition) is 3. The van der Waals surface area contributed by atoms with E-state index in [4.69, 9.17) is 0 Å². The van der Waals surface area contributed by atoms with E-state index in [1.807, 2.05) is 31.7 Å². The molecule has 2 rings (SSSR count). The van der Waals surface area contributed by atoms with Crippen molar-refractivity contribution in [2.45, 2.75) is 64.0 Å². The van der Waals surface area contributed by atoms with Crippen LogP contribution in [0.15, 0.2) is 18.2 Å². The number of rotatable bonds is 3. The fourth-order valence-corrected chi connectivity index (χ4v) is 3.14. The monoisotopic (exact) mass is 311 g/mol. The zero-order valence-corrected chi connectivity index (χ0v) is 13.5. The molecule has 0 amide bonds. The van der Waals surface area contributed by atoms with E-state index in [1.165, 1.54) is 6.07 Å². The third-order valence-electron chi connectivity index (χ3n) is 4.29. The van der Waals surface area contributed by atoms with E-state index in [-0.39, 0.29) is 11.2 Å². The second-order valence-electron chi connectivity index (χ2n) is 7.15. The van der Waals surface area contributed by atoms with E-state index in [0.29, 0.717) is 25.1 Å². The molecule has 1 aliphatic heterocycles.